The molecule has 0 fully saturated rings. The predicted molar refractivity (Wildman–Crippen MR) is 86.3 cm³/mol. The molecule has 1 aromatic heterocycles. The van der Waals surface area contributed by atoms with Crippen molar-refractivity contribution in [2.45, 2.75) is 25.1 Å². The minimum Gasteiger partial charge on any atom is -0.319 e. The number of hydrogen-bond acceptors (Lipinski definition) is 2. The van der Waals surface area contributed by atoms with E-state index in [4.69, 9.17) is 0 Å². The molecule has 4 nitrogen and oxygen atoms in total. The maximum Gasteiger partial charge on any atom is 0.416 e. The molecule has 0 bridgehead atoms. The third-order valence-corrected chi connectivity index (χ3v) is 4.61. The van der Waals surface area contributed by atoms with Gasteiger partial charge in [-0.2, -0.15) is 13.2 Å². The van der Waals surface area contributed by atoms with Gasteiger partial charge in [-0.15, -0.1) is 0 Å². The van der Waals surface area contributed by atoms with Crippen LogP contribution < -0.4 is 5.32 Å². The third kappa shape index (κ3) is 2.22. The molecule has 1 aliphatic heterocycles. The molecule has 3 aromatic rings. The van der Waals surface area contributed by atoms with Crippen LogP contribution in [0.1, 0.15) is 17.0 Å². The predicted octanol–water partition coefficient (Wildman–Crippen LogP) is 3.92. The van der Waals surface area contributed by atoms with Crippen LogP contribution in [0.15, 0.2) is 48.5 Å². The van der Waals surface area contributed by atoms with Crippen LogP contribution in [0.25, 0.3) is 11.0 Å². The molecule has 2 heterocycles. The zero-order valence-corrected chi connectivity index (χ0v) is 13.3. The van der Waals surface area contributed by atoms with Gasteiger partial charge in [-0.05, 0) is 24.6 Å². The SMILES string of the molecule is Cc1ccc(C2(C(F)(F)F)Cc3nc4ccccc4n3C(=O)N2)cc1. The Balaban J connectivity index is 1.93. The molecular formula is C18H14F3N3O. The Kier molecular flexibility index (Phi) is 3.19. The lowest BCUT2D eigenvalue weighted by atomic mass is 9.84. The number of nitrogens with one attached hydrogen (secondary N) is 1. The number of rotatable bonds is 1. The Bertz CT molecular complexity index is 975. The fourth-order valence-electron chi connectivity index (χ4n) is 3.29. The summed E-state index contributed by atoms with van der Waals surface area (Å²) in [6.45, 7) is 1.79. The van der Waals surface area contributed by atoms with Gasteiger partial charge in [0.15, 0.2) is 5.54 Å². The minimum absolute atomic E-state index is 0.00254. The highest BCUT2D eigenvalue weighted by Crippen LogP contribution is 2.43. The standard InChI is InChI=1S/C18H14F3N3O/c1-11-6-8-12(9-7-11)17(18(19,20)21)10-15-22-13-4-2-3-5-14(13)24(15)16(25)23-17/h2-9H,10H2,1H3,(H,23,25). The lowest BCUT2D eigenvalue weighted by Gasteiger charge is -2.39. The molecule has 1 unspecified atom stereocenters. The zero-order chi connectivity index (χ0) is 17.8. The Labute approximate surface area is 141 Å². The molecule has 0 radical (unpaired) electrons. The summed E-state index contributed by atoms with van der Waals surface area (Å²) in [5.74, 6) is 0.0999. The van der Waals surface area contributed by atoms with Crippen LogP contribution in [0, 0.1) is 6.92 Å². The second-order valence-electron chi connectivity index (χ2n) is 6.23. The number of amides is 1. The van der Waals surface area contributed by atoms with Gasteiger partial charge in [-0.1, -0.05) is 42.0 Å². The van der Waals surface area contributed by atoms with Crippen LogP contribution >= 0.6 is 0 Å². The minimum atomic E-state index is -4.67. The van der Waals surface area contributed by atoms with Crippen LogP contribution in [0.3, 0.4) is 0 Å². The zero-order valence-electron chi connectivity index (χ0n) is 13.3. The molecule has 0 saturated heterocycles. The van der Waals surface area contributed by atoms with Crippen molar-refractivity contribution in [3.05, 3.63) is 65.5 Å². The second-order valence-corrected chi connectivity index (χ2v) is 6.23. The molecule has 2 aromatic carbocycles. The largest absolute Gasteiger partial charge is 0.416 e. The first-order valence-electron chi connectivity index (χ1n) is 7.74. The highest BCUT2D eigenvalue weighted by Gasteiger charge is 2.59. The van der Waals surface area contributed by atoms with E-state index in [1.165, 1.54) is 16.7 Å². The van der Waals surface area contributed by atoms with Gasteiger partial charge in [-0.3, -0.25) is 0 Å². The number of imidazole rings is 1. The van der Waals surface area contributed by atoms with Crippen molar-refractivity contribution in [2.24, 2.45) is 0 Å². The monoisotopic (exact) mass is 345 g/mol. The van der Waals surface area contributed by atoms with E-state index in [0.717, 1.165) is 5.56 Å². The third-order valence-electron chi connectivity index (χ3n) is 4.61. The molecule has 0 aliphatic carbocycles. The van der Waals surface area contributed by atoms with Gasteiger partial charge < -0.3 is 5.32 Å². The van der Waals surface area contributed by atoms with E-state index < -0.39 is 24.2 Å². The number of para-hydroxylation sites is 2. The van der Waals surface area contributed by atoms with Crippen molar-refractivity contribution >= 4 is 17.1 Å². The highest BCUT2D eigenvalue weighted by atomic mass is 19.4. The Morgan fingerprint density at radius 3 is 2.48 bits per heavy atom. The molecule has 7 heteroatoms. The van der Waals surface area contributed by atoms with E-state index in [-0.39, 0.29) is 11.4 Å². The number of aromatic nitrogens is 2. The van der Waals surface area contributed by atoms with Gasteiger partial charge in [0.25, 0.3) is 0 Å². The van der Waals surface area contributed by atoms with Gasteiger partial charge >= 0.3 is 12.2 Å². The van der Waals surface area contributed by atoms with Crippen molar-refractivity contribution in [1.29, 1.82) is 0 Å². The van der Waals surface area contributed by atoms with E-state index >= 15 is 0 Å². The average molecular weight is 345 g/mol. The molecular weight excluding hydrogens is 331 g/mol. The van der Waals surface area contributed by atoms with E-state index in [2.05, 4.69) is 10.3 Å². The summed E-state index contributed by atoms with van der Waals surface area (Å²) in [6, 6.07) is 12.0. The van der Waals surface area contributed by atoms with Crippen LogP contribution in [0.4, 0.5) is 18.0 Å². The van der Waals surface area contributed by atoms with Crippen LogP contribution in [0.5, 0.6) is 0 Å². The van der Waals surface area contributed by atoms with E-state index in [1.807, 2.05) is 0 Å². The Morgan fingerprint density at radius 1 is 1.12 bits per heavy atom. The topological polar surface area (TPSA) is 46.9 Å². The lowest BCUT2D eigenvalue weighted by molar-refractivity contribution is -0.199. The molecule has 1 N–H and O–H groups in total. The van der Waals surface area contributed by atoms with E-state index in [0.29, 0.717) is 11.0 Å². The summed E-state index contributed by atoms with van der Waals surface area (Å²) in [5.41, 5.74) is -0.660. The van der Waals surface area contributed by atoms with Crippen LogP contribution in [0.2, 0.25) is 0 Å². The van der Waals surface area contributed by atoms with Crippen molar-refractivity contribution in [3.8, 4) is 0 Å². The number of halogens is 3. The maximum absolute atomic E-state index is 14.1. The molecule has 1 amide bonds. The lowest BCUT2D eigenvalue weighted by Crippen LogP contribution is -2.61. The van der Waals surface area contributed by atoms with Gasteiger partial charge in [0.05, 0.1) is 11.0 Å². The molecule has 1 aliphatic rings. The second kappa shape index (κ2) is 5.08. The van der Waals surface area contributed by atoms with E-state index in [9.17, 15) is 18.0 Å². The number of fused-ring (bicyclic) bond motifs is 3. The summed E-state index contributed by atoms with van der Waals surface area (Å²) in [7, 11) is 0. The normalized spacial score (nSPS) is 20.4. The average Bonchev–Trinajstić information content (AvgIpc) is 2.92. The Hall–Kier alpha value is -2.83. The molecule has 0 saturated carbocycles. The van der Waals surface area contributed by atoms with Crippen molar-refractivity contribution < 1.29 is 18.0 Å². The number of nitrogens with zero attached hydrogens (tertiary/aromatic N) is 2. The fraction of sp³-hybridized carbons (Fsp3) is 0.222. The first-order chi connectivity index (χ1) is 11.8. The van der Waals surface area contributed by atoms with Crippen molar-refractivity contribution in [2.75, 3.05) is 0 Å². The van der Waals surface area contributed by atoms with Gasteiger partial charge in [0.1, 0.15) is 5.82 Å². The number of alkyl halides is 3. The summed E-state index contributed by atoms with van der Waals surface area (Å²) < 4.78 is 43.4. The summed E-state index contributed by atoms with van der Waals surface area (Å²) >= 11 is 0. The van der Waals surface area contributed by atoms with Crippen LogP contribution in [-0.4, -0.2) is 21.8 Å². The van der Waals surface area contributed by atoms with Gasteiger partial charge in [-0.25, -0.2) is 14.3 Å². The summed E-state index contributed by atoms with van der Waals surface area (Å²) in [4.78, 5) is 16.8. The summed E-state index contributed by atoms with van der Waals surface area (Å²) in [5, 5.41) is 2.20. The van der Waals surface area contributed by atoms with Crippen molar-refractivity contribution in [1.82, 2.24) is 14.9 Å². The number of carbonyl (C=O) groups excluding carboxylic acids is 1. The maximum atomic E-state index is 14.1. The smallest absolute Gasteiger partial charge is 0.319 e. The molecule has 0 spiro atoms. The molecule has 4 rings (SSSR count). The first-order valence-corrected chi connectivity index (χ1v) is 7.74. The number of carbonyl (C=O) groups is 1. The van der Waals surface area contributed by atoms with Crippen molar-refractivity contribution in [3.63, 3.8) is 0 Å². The summed E-state index contributed by atoms with van der Waals surface area (Å²) in [6.07, 6.45) is -5.12. The fourth-order valence-corrected chi connectivity index (χ4v) is 3.29. The first kappa shape index (κ1) is 15.7. The number of aryl methyl sites for hydroxylation is 1. The molecule has 128 valence electrons. The molecule has 1 atom stereocenters. The number of benzene rings is 2. The quantitative estimate of drug-likeness (QED) is 0.727. The molecule has 25 heavy (non-hydrogen) atoms. The highest BCUT2D eigenvalue weighted by molar-refractivity contribution is 5.91. The number of hydrogen-bond donors (Lipinski definition) is 1. The van der Waals surface area contributed by atoms with E-state index in [1.54, 1.807) is 43.3 Å². The van der Waals surface area contributed by atoms with Crippen LogP contribution in [-0.2, 0) is 12.0 Å². The Morgan fingerprint density at radius 2 is 1.80 bits per heavy atom. The van der Waals surface area contributed by atoms with Gasteiger partial charge in [0.2, 0.25) is 0 Å². The van der Waals surface area contributed by atoms with Gasteiger partial charge in [0, 0.05) is 6.42 Å².